The van der Waals surface area contributed by atoms with E-state index >= 15 is 0 Å². The number of nitrogens with two attached hydrogens (primary N) is 1. The number of hydrogen-bond donors (Lipinski definition) is 1. The number of halogens is 2. The first kappa shape index (κ1) is 11.1. The number of aromatic nitrogens is 1. The zero-order valence-electron chi connectivity index (χ0n) is 7.33. The molecule has 0 aliphatic carbocycles. The van der Waals surface area contributed by atoms with Gasteiger partial charge in [-0.1, -0.05) is 0 Å². The molecule has 0 spiro atoms. The Morgan fingerprint density at radius 3 is 2.93 bits per heavy atom. The summed E-state index contributed by atoms with van der Waals surface area (Å²) in [4.78, 5) is 14.6. The van der Waals surface area contributed by atoms with Crippen molar-refractivity contribution in [1.29, 1.82) is 0 Å². The van der Waals surface area contributed by atoms with Gasteiger partial charge in [-0.2, -0.15) is 0 Å². The van der Waals surface area contributed by atoms with Crippen molar-refractivity contribution < 1.29 is 13.9 Å². The van der Waals surface area contributed by atoms with Crippen LogP contribution >= 0.6 is 15.9 Å². The first-order valence-electron chi connectivity index (χ1n) is 3.68. The van der Waals surface area contributed by atoms with Gasteiger partial charge in [0, 0.05) is 23.3 Å². The Balaban J connectivity index is 3.22. The van der Waals surface area contributed by atoms with E-state index in [2.05, 4.69) is 25.7 Å². The molecule has 76 valence electrons. The molecule has 1 aromatic rings. The number of methoxy groups -OCH3 is 1. The highest BCUT2D eigenvalue weighted by molar-refractivity contribution is 9.10. The van der Waals surface area contributed by atoms with Crippen LogP contribution in [0.2, 0.25) is 0 Å². The van der Waals surface area contributed by atoms with Gasteiger partial charge in [0.1, 0.15) is 5.69 Å². The topological polar surface area (TPSA) is 65.2 Å². The second kappa shape index (κ2) is 4.47. The van der Waals surface area contributed by atoms with E-state index in [9.17, 15) is 9.18 Å². The fourth-order valence-corrected chi connectivity index (χ4v) is 1.31. The van der Waals surface area contributed by atoms with Crippen LogP contribution in [0.1, 0.15) is 22.4 Å². The molecule has 0 aromatic carbocycles. The van der Waals surface area contributed by atoms with E-state index in [1.54, 1.807) is 0 Å². The highest BCUT2D eigenvalue weighted by Crippen LogP contribution is 2.23. The summed E-state index contributed by atoms with van der Waals surface area (Å²) in [6.07, 6.45) is -0.339. The van der Waals surface area contributed by atoms with Gasteiger partial charge in [-0.3, -0.25) is 4.79 Å². The van der Waals surface area contributed by atoms with E-state index in [-0.39, 0.29) is 11.3 Å². The van der Waals surface area contributed by atoms with Crippen LogP contribution in [0.3, 0.4) is 0 Å². The number of alkyl halides is 1. The van der Waals surface area contributed by atoms with E-state index in [0.29, 0.717) is 4.47 Å². The number of pyridine rings is 1. The molecule has 2 N–H and O–H groups in total. The van der Waals surface area contributed by atoms with Crippen molar-refractivity contribution in [1.82, 2.24) is 4.98 Å². The molecular formula is C8H8BrFN2O2. The Morgan fingerprint density at radius 1 is 1.79 bits per heavy atom. The van der Waals surface area contributed by atoms with Crippen LogP contribution in [0, 0.1) is 0 Å². The van der Waals surface area contributed by atoms with Crippen LogP contribution < -0.4 is 5.73 Å². The molecule has 0 bridgehead atoms. The maximum atomic E-state index is 13.2. The number of ether oxygens (including phenoxy) is 1. The average Bonchev–Trinajstić information content (AvgIpc) is 2.16. The molecule has 6 heteroatoms. The number of hydrogen-bond acceptors (Lipinski definition) is 3. The monoisotopic (exact) mass is 262 g/mol. The molecule has 4 nitrogen and oxygen atoms in total. The lowest BCUT2D eigenvalue weighted by Crippen LogP contribution is -2.17. The van der Waals surface area contributed by atoms with E-state index in [0.717, 1.165) is 0 Å². The van der Waals surface area contributed by atoms with Gasteiger partial charge in [0.15, 0.2) is 0 Å². The van der Waals surface area contributed by atoms with Crippen LogP contribution in [0.4, 0.5) is 4.39 Å². The van der Waals surface area contributed by atoms with Gasteiger partial charge in [0.05, 0.1) is 0 Å². The van der Waals surface area contributed by atoms with E-state index in [1.165, 1.54) is 19.4 Å². The molecule has 14 heavy (non-hydrogen) atoms. The summed E-state index contributed by atoms with van der Waals surface area (Å²) in [5, 5.41) is 0. The zero-order valence-corrected chi connectivity index (χ0v) is 8.92. The maximum Gasteiger partial charge on any atom is 0.267 e. The van der Waals surface area contributed by atoms with Crippen molar-refractivity contribution >= 4 is 21.8 Å². The van der Waals surface area contributed by atoms with Gasteiger partial charge in [0.2, 0.25) is 6.36 Å². The Bertz CT molecular complexity index is 359. The van der Waals surface area contributed by atoms with Crippen molar-refractivity contribution in [2.45, 2.75) is 6.36 Å². The Hall–Kier alpha value is -1.01. The number of amides is 1. The minimum Gasteiger partial charge on any atom is -0.364 e. The largest absolute Gasteiger partial charge is 0.364 e. The fourth-order valence-electron chi connectivity index (χ4n) is 0.961. The van der Waals surface area contributed by atoms with Crippen LogP contribution in [0.5, 0.6) is 0 Å². The average molecular weight is 263 g/mol. The van der Waals surface area contributed by atoms with Crippen molar-refractivity contribution in [2.24, 2.45) is 5.73 Å². The molecular weight excluding hydrogens is 255 g/mol. The van der Waals surface area contributed by atoms with Crippen molar-refractivity contribution in [3.8, 4) is 0 Å². The number of primary amides is 1. The van der Waals surface area contributed by atoms with Crippen LogP contribution in [0.25, 0.3) is 0 Å². The summed E-state index contributed by atoms with van der Waals surface area (Å²) < 4.78 is 18.2. The summed E-state index contributed by atoms with van der Waals surface area (Å²) in [6.45, 7) is 0. The van der Waals surface area contributed by atoms with Gasteiger partial charge in [-0.15, -0.1) is 0 Å². The molecule has 1 amide bonds. The molecule has 1 rings (SSSR count). The highest BCUT2D eigenvalue weighted by Gasteiger charge is 2.18. The number of carbonyl (C=O) groups is 1. The van der Waals surface area contributed by atoms with Crippen molar-refractivity contribution in [3.05, 3.63) is 28.0 Å². The summed E-state index contributed by atoms with van der Waals surface area (Å²) >= 11 is 3.11. The predicted octanol–water partition coefficient (Wildman–Crippen LogP) is 1.56. The van der Waals surface area contributed by atoms with Crippen LogP contribution in [-0.2, 0) is 4.74 Å². The predicted molar refractivity (Wildman–Crippen MR) is 51.3 cm³/mol. The molecule has 0 aliphatic rings. The number of rotatable bonds is 3. The Labute approximate surface area is 88.4 Å². The third kappa shape index (κ3) is 2.27. The zero-order chi connectivity index (χ0) is 10.7. The van der Waals surface area contributed by atoms with E-state index < -0.39 is 12.3 Å². The van der Waals surface area contributed by atoms with Gasteiger partial charge >= 0.3 is 0 Å². The molecule has 0 saturated heterocycles. The summed E-state index contributed by atoms with van der Waals surface area (Å²) in [5.74, 6) is -0.785. The second-order valence-electron chi connectivity index (χ2n) is 2.51. The number of carbonyl (C=O) groups excluding carboxylic acids is 1. The van der Waals surface area contributed by atoms with Crippen LogP contribution in [0.15, 0.2) is 16.7 Å². The fraction of sp³-hybridized carbons (Fsp3) is 0.250. The molecule has 1 atom stereocenters. The normalized spacial score (nSPS) is 12.5. The molecule has 1 aromatic heterocycles. The maximum absolute atomic E-state index is 13.2. The summed E-state index contributed by atoms with van der Waals surface area (Å²) in [7, 11) is 1.19. The Morgan fingerprint density at radius 2 is 2.43 bits per heavy atom. The van der Waals surface area contributed by atoms with Gasteiger partial charge in [0.25, 0.3) is 5.91 Å². The van der Waals surface area contributed by atoms with E-state index in [1.807, 2.05) is 0 Å². The summed E-state index contributed by atoms with van der Waals surface area (Å²) in [6, 6.07) is 1.40. The molecule has 0 radical (unpaired) electrons. The minimum atomic E-state index is -1.71. The molecule has 1 heterocycles. The van der Waals surface area contributed by atoms with Gasteiger partial charge < -0.3 is 10.5 Å². The third-order valence-electron chi connectivity index (χ3n) is 1.57. The van der Waals surface area contributed by atoms with Gasteiger partial charge in [-0.25, -0.2) is 9.37 Å². The first-order chi connectivity index (χ1) is 6.56. The lowest BCUT2D eigenvalue weighted by atomic mass is 10.2. The first-order valence-corrected chi connectivity index (χ1v) is 4.47. The smallest absolute Gasteiger partial charge is 0.267 e. The van der Waals surface area contributed by atoms with E-state index in [4.69, 9.17) is 5.73 Å². The van der Waals surface area contributed by atoms with Crippen LogP contribution in [-0.4, -0.2) is 18.0 Å². The third-order valence-corrected chi connectivity index (χ3v) is 2.00. The molecule has 0 fully saturated rings. The SMILES string of the molecule is COC(F)c1cc(Br)cnc1C(N)=O. The quantitative estimate of drug-likeness (QED) is 0.899. The summed E-state index contributed by atoms with van der Waals surface area (Å²) in [5.41, 5.74) is 4.92. The Kier molecular flexibility index (Phi) is 3.54. The number of nitrogens with zero attached hydrogens (tertiary/aromatic N) is 1. The van der Waals surface area contributed by atoms with Gasteiger partial charge in [-0.05, 0) is 22.0 Å². The standard InChI is InChI=1S/C8H8BrFN2O2/c1-14-7(10)5-2-4(9)3-12-6(5)8(11)13/h2-3,7H,1H3,(H2,11,13). The lowest BCUT2D eigenvalue weighted by molar-refractivity contribution is -0.00749. The van der Waals surface area contributed by atoms with Crippen molar-refractivity contribution in [2.75, 3.05) is 7.11 Å². The molecule has 1 unspecified atom stereocenters. The molecule has 0 saturated carbocycles. The lowest BCUT2D eigenvalue weighted by Gasteiger charge is -2.09. The van der Waals surface area contributed by atoms with Crippen molar-refractivity contribution in [3.63, 3.8) is 0 Å². The minimum absolute atomic E-state index is 0.0226. The highest BCUT2D eigenvalue weighted by atomic mass is 79.9. The second-order valence-corrected chi connectivity index (χ2v) is 3.42. The molecule has 0 aliphatic heterocycles.